The van der Waals surface area contributed by atoms with E-state index in [2.05, 4.69) is 0 Å². The Kier molecular flexibility index (Phi) is 3.20. The molecule has 13 heavy (non-hydrogen) atoms. The zero-order valence-corrected chi connectivity index (χ0v) is 7.03. The van der Waals surface area contributed by atoms with Gasteiger partial charge in [-0.25, -0.2) is 0 Å². The lowest BCUT2D eigenvalue weighted by Crippen LogP contribution is -2.31. The number of carbonyl (C=O) groups excluding carboxylic acids is 2. The topological polar surface area (TPSA) is 57.2 Å². The molecule has 0 saturated carbocycles. The Balaban J connectivity index is 2.44. The molecule has 0 saturated heterocycles. The third-order valence-corrected chi connectivity index (χ3v) is 1.71. The van der Waals surface area contributed by atoms with Gasteiger partial charge in [-0.2, -0.15) is 0 Å². The summed E-state index contributed by atoms with van der Waals surface area (Å²) in [6, 6.07) is 9.26. The van der Waals surface area contributed by atoms with Crippen LogP contribution in [0, 0.1) is 0 Å². The lowest BCUT2D eigenvalue weighted by atomic mass is 10.1. The zero-order valence-electron chi connectivity index (χ0n) is 7.03. The maximum absolute atomic E-state index is 10.7. The van der Waals surface area contributed by atoms with Crippen molar-refractivity contribution in [2.45, 2.75) is 12.8 Å². The maximum Gasteiger partial charge on any atom is 0.178 e. The third-order valence-electron chi connectivity index (χ3n) is 1.71. The molecule has 0 atom stereocenters. The summed E-state index contributed by atoms with van der Waals surface area (Å²) in [4.78, 5) is 20.7. The second-order valence-corrected chi connectivity index (χ2v) is 2.70. The number of aryl methyl sites for hydroxylation is 1. The van der Waals surface area contributed by atoms with E-state index in [1.54, 1.807) is 0 Å². The Labute approximate surface area is 76.0 Å². The van der Waals surface area contributed by atoms with Crippen molar-refractivity contribution in [3.05, 3.63) is 35.9 Å². The lowest BCUT2D eigenvalue weighted by Gasteiger charge is -2.01. The third kappa shape index (κ3) is 3.07. The molecule has 0 spiro atoms. The summed E-state index contributed by atoms with van der Waals surface area (Å²) in [7, 11) is 0. The number of hydrogen-bond donors (Lipinski definition) is 0. The molecular weight excluding hydrogens is 168 g/mol. The predicted octanol–water partition coefficient (Wildman–Crippen LogP) is -0.0618. The molecule has 0 N–H and O–H groups in total. The molecule has 68 valence electrons. The molecule has 3 nitrogen and oxygen atoms in total. The molecule has 0 amide bonds. The van der Waals surface area contributed by atoms with Gasteiger partial charge in [-0.3, -0.25) is 4.79 Å². The largest absolute Gasteiger partial charge is 0.542 e. The first kappa shape index (κ1) is 9.45. The minimum Gasteiger partial charge on any atom is -0.542 e. The van der Waals surface area contributed by atoms with Crippen molar-refractivity contribution >= 4 is 11.8 Å². The Morgan fingerprint density at radius 2 is 1.77 bits per heavy atom. The fraction of sp³-hybridized carbons (Fsp3) is 0.200. The van der Waals surface area contributed by atoms with Gasteiger partial charge in [0.05, 0.1) is 0 Å². The van der Waals surface area contributed by atoms with E-state index in [0.29, 0.717) is 6.42 Å². The van der Waals surface area contributed by atoms with Crippen molar-refractivity contribution in [2.24, 2.45) is 0 Å². The van der Waals surface area contributed by atoms with E-state index in [9.17, 15) is 14.7 Å². The molecule has 1 aromatic carbocycles. The van der Waals surface area contributed by atoms with E-state index in [0.717, 1.165) is 5.56 Å². The van der Waals surface area contributed by atoms with Crippen molar-refractivity contribution in [2.75, 3.05) is 0 Å². The number of benzene rings is 1. The molecule has 0 bridgehead atoms. The minimum absolute atomic E-state index is 0.00630. The molecule has 0 fully saturated rings. The monoisotopic (exact) mass is 177 g/mol. The SMILES string of the molecule is O=C([O-])C(=O)CCc1ccccc1. The number of carboxylic acids is 1. The molecule has 1 aromatic rings. The van der Waals surface area contributed by atoms with E-state index < -0.39 is 11.8 Å². The van der Waals surface area contributed by atoms with Crippen LogP contribution in [0.5, 0.6) is 0 Å². The van der Waals surface area contributed by atoms with Gasteiger partial charge in [0.1, 0.15) is 5.97 Å². The Morgan fingerprint density at radius 3 is 2.31 bits per heavy atom. The Bertz CT molecular complexity index is 303. The van der Waals surface area contributed by atoms with Gasteiger partial charge in [0.25, 0.3) is 0 Å². The molecule has 1 rings (SSSR count). The number of aliphatic carboxylic acids is 1. The Hall–Kier alpha value is -1.64. The second kappa shape index (κ2) is 4.40. The smallest absolute Gasteiger partial charge is 0.178 e. The predicted molar refractivity (Wildman–Crippen MR) is 44.8 cm³/mol. The quantitative estimate of drug-likeness (QED) is 0.605. The average molecular weight is 177 g/mol. The molecule has 3 heteroatoms. The zero-order chi connectivity index (χ0) is 9.68. The highest BCUT2D eigenvalue weighted by Crippen LogP contribution is 2.02. The second-order valence-electron chi connectivity index (χ2n) is 2.70. The highest BCUT2D eigenvalue weighted by Gasteiger charge is 2.02. The minimum atomic E-state index is -1.60. The lowest BCUT2D eigenvalue weighted by molar-refractivity contribution is -0.300. The highest BCUT2D eigenvalue weighted by molar-refractivity contribution is 6.31. The number of ketones is 1. The van der Waals surface area contributed by atoms with Gasteiger partial charge in [-0.1, -0.05) is 30.3 Å². The molecule has 0 heterocycles. The van der Waals surface area contributed by atoms with Crippen LogP contribution in [0.2, 0.25) is 0 Å². The number of hydrogen-bond acceptors (Lipinski definition) is 3. The number of carbonyl (C=O) groups is 2. The fourth-order valence-corrected chi connectivity index (χ4v) is 1.00. The summed E-state index contributed by atoms with van der Waals surface area (Å²) in [5.41, 5.74) is 0.956. The highest BCUT2D eigenvalue weighted by atomic mass is 16.4. The first-order valence-corrected chi connectivity index (χ1v) is 3.98. The van der Waals surface area contributed by atoms with E-state index in [-0.39, 0.29) is 6.42 Å². The van der Waals surface area contributed by atoms with Crippen LogP contribution in [0.1, 0.15) is 12.0 Å². The van der Waals surface area contributed by atoms with Crippen molar-refractivity contribution in [3.63, 3.8) is 0 Å². The molecule has 0 aromatic heterocycles. The van der Waals surface area contributed by atoms with E-state index >= 15 is 0 Å². The molecular formula is C10H9O3-. The van der Waals surface area contributed by atoms with Crippen LogP contribution >= 0.6 is 0 Å². The molecule has 0 aliphatic carbocycles. The van der Waals surface area contributed by atoms with Gasteiger partial charge in [0.15, 0.2) is 5.78 Å². The van der Waals surface area contributed by atoms with Gasteiger partial charge in [-0.15, -0.1) is 0 Å². The van der Waals surface area contributed by atoms with Crippen molar-refractivity contribution < 1.29 is 14.7 Å². The van der Waals surface area contributed by atoms with Crippen LogP contribution in [0.3, 0.4) is 0 Å². The van der Waals surface area contributed by atoms with Gasteiger partial charge in [0, 0.05) is 6.42 Å². The standard InChI is InChI=1S/C10H10O3/c11-9(10(12)13)7-6-8-4-2-1-3-5-8/h1-5H,6-7H2,(H,12,13)/p-1. The van der Waals surface area contributed by atoms with Gasteiger partial charge < -0.3 is 9.90 Å². The number of Topliss-reactive ketones (excluding diaryl/α,β-unsaturated/α-hetero) is 1. The number of carboxylic acid groups (broad SMARTS) is 1. The van der Waals surface area contributed by atoms with Gasteiger partial charge in [-0.05, 0) is 12.0 Å². The van der Waals surface area contributed by atoms with Gasteiger partial charge >= 0.3 is 0 Å². The van der Waals surface area contributed by atoms with E-state index in [4.69, 9.17) is 0 Å². The summed E-state index contributed by atoms with van der Waals surface area (Å²) in [5.74, 6) is -2.44. The van der Waals surface area contributed by atoms with Crippen LogP contribution in [0.15, 0.2) is 30.3 Å². The van der Waals surface area contributed by atoms with Crippen LogP contribution in [0.25, 0.3) is 0 Å². The first-order valence-electron chi connectivity index (χ1n) is 3.98. The van der Waals surface area contributed by atoms with Crippen molar-refractivity contribution in [1.29, 1.82) is 0 Å². The summed E-state index contributed by atoms with van der Waals surface area (Å²) in [6.07, 6.45) is 0.458. The van der Waals surface area contributed by atoms with Crippen LogP contribution in [0.4, 0.5) is 0 Å². The first-order chi connectivity index (χ1) is 6.20. The summed E-state index contributed by atoms with van der Waals surface area (Å²) in [6.45, 7) is 0. The maximum atomic E-state index is 10.7. The van der Waals surface area contributed by atoms with Crippen LogP contribution < -0.4 is 5.11 Å². The molecule has 0 aliphatic heterocycles. The fourth-order valence-electron chi connectivity index (χ4n) is 1.00. The average Bonchev–Trinajstić information content (AvgIpc) is 2.15. The van der Waals surface area contributed by atoms with Crippen LogP contribution in [-0.2, 0) is 16.0 Å². The molecule has 0 aliphatic rings. The van der Waals surface area contributed by atoms with Crippen molar-refractivity contribution in [1.82, 2.24) is 0 Å². The summed E-state index contributed by atoms with van der Waals surface area (Å²) in [5, 5.41) is 10.1. The van der Waals surface area contributed by atoms with Gasteiger partial charge in [0.2, 0.25) is 0 Å². The van der Waals surface area contributed by atoms with E-state index in [1.807, 2.05) is 30.3 Å². The summed E-state index contributed by atoms with van der Waals surface area (Å²) >= 11 is 0. The molecule has 0 radical (unpaired) electrons. The van der Waals surface area contributed by atoms with E-state index in [1.165, 1.54) is 0 Å². The summed E-state index contributed by atoms with van der Waals surface area (Å²) < 4.78 is 0. The normalized spacial score (nSPS) is 9.54. The number of rotatable bonds is 4. The van der Waals surface area contributed by atoms with Crippen LogP contribution in [-0.4, -0.2) is 11.8 Å². The Morgan fingerprint density at radius 1 is 1.15 bits per heavy atom. The van der Waals surface area contributed by atoms with Crippen molar-refractivity contribution in [3.8, 4) is 0 Å². The molecule has 0 unspecified atom stereocenters.